The van der Waals surface area contributed by atoms with E-state index in [0.29, 0.717) is 55.8 Å². The van der Waals surface area contributed by atoms with Gasteiger partial charge in [0.05, 0.1) is 34.7 Å². The highest BCUT2D eigenvalue weighted by molar-refractivity contribution is 7.91. The molecule has 0 saturated heterocycles. The molecule has 0 unspecified atom stereocenters. The van der Waals surface area contributed by atoms with Crippen LogP contribution in [0.4, 0.5) is 14.6 Å². The van der Waals surface area contributed by atoms with Crippen molar-refractivity contribution in [3.63, 3.8) is 0 Å². The van der Waals surface area contributed by atoms with Crippen LogP contribution in [0.25, 0.3) is 11.3 Å². The molecule has 0 aliphatic heterocycles. The maximum atomic E-state index is 14.1. The lowest BCUT2D eigenvalue weighted by Crippen LogP contribution is -2.34. The molecule has 0 radical (unpaired) electrons. The van der Waals surface area contributed by atoms with Crippen LogP contribution in [0, 0.1) is 5.92 Å². The van der Waals surface area contributed by atoms with Gasteiger partial charge >= 0.3 is 0 Å². The van der Waals surface area contributed by atoms with Crippen LogP contribution in [-0.4, -0.2) is 66.2 Å². The Bertz CT molecular complexity index is 1280. The van der Waals surface area contributed by atoms with Crippen LogP contribution in [-0.2, 0) is 16.4 Å². The number of hydrogen-bond acceptors (Lipinski definition) is 7. The summed E-state index contributed by atoms with van der Waals surface area (Å²) >= 11 is 6.66. The summed E-state index contributed by atoms with van der Waals surface area (Å²) in [5, 5.41) is 9.93. The summed E-state index contributed by atoms with van der Waals surface area (Å²) in [5.74, 6) is -2.43. The second-order valence-electron chi connectivity index (χ2n) is 10.1. The third kappa shape index (κ3) is 6.06. The molecule has 2 N–H and O–H groups in total. The van der Waals surface area contributed by atoms with Gasteiger partial charge in [-0.05, 0) is 51.4 Å². The van der Waals surface area contributed by atoms with Crippen LogP contribution >= 0.6 is 11.6 Å². The first-order valence-electron chi connectivity index (χ1n) is 12.9. The van der Waals surface area contributed by atoms with Gasteiger partial charge in [0, 0.05) is 38.0 Å². The highest BCUT2D eigenvalue weighted by Crippen LogP contribution is 2.40. The zero-order chi connectivity index (χ0) is 27.7. The number of aryl methyl sites for hydroxylation is 1. The number of carbonyl (C=O) groups is 1. The minimum atomic E-state index is -3.05. The van der Waals surface area contributed by atoms with Gasteiger partial charge in [-0.1, -0.05) is 11.6 Å². The molecule has 0 spiro atoms. The van der Waals surface area contributed by atoms with Gasteiger partial charge in [-0.15, -0.1) is 0 Å². The molecular weight excluding hydrogens is 540 g/mol. The molecule has 210 valence electrons. The van der Waals surface area contributed by atoms with E-state index in [1.165, 1.54) is 19.6 Å². The average molecular weight is 574 g/mol. The Morgan fingerprint density at radius 2 is 1.97 bits per heavy atom. The van der Waals surface area contributed by atoms with E-state index in [-0.39, 0.29) is 34.1 Å². The Balaban J connectivity index is 1.49. The van der Waals surface area contributed by atoms with Crippen molar-refractivity contribution < 1.29 is 26.7 Å². The molecule has 2 heterocycles. The molecule has 9 nitrogen and oxygen atoms in total. The third-order valence-electron chi connectivity index (χ3n) is 7.54. The van der Waals surface area contributed by atoms with Crippen molar-refractivity contribution in [1.82, 2.24) is 20.1 Å². The molecule has 0 bridgehead atoms. The average Bonchev–Trinajstić information content (AvgIpc) is 3.39. The van der Waals surface area contributed by atoms with Crippen molar-refractivity contribution in [2.24, 2.45) is 5.92 Å². The number of carbonyl (C=O) groups excluding carboxylic acids is 1. The van der Waals surface area contributed by atoms with Crippen molar-refractivity contribution in [3.05, 3.63) is 23.0 Å². The van der Waals surface area contributed by atoms with Gasteiger partial charge in [0.25, 0.3) is 11.8 Å². The van der Waals surface area contributed by atoms with Crippen molar-refractivity contribution in [2.45, 2.75) is 75.6 Å². The predicted molar refractivity (Wildman–Crippen MR) is 142 cm³/mol. The van der Waals surface area contributed by atoms with Crippen LogP contribution in [0.1, 0.15) is 62.4 Å². The topological polar surface area (TPSA) is 115 Å². The number of anilines is 1. The normalized spacial score (nSPS) is 23.3. The molecular formula is C25H34ClF2N5O4S. The summed E-state index contributed by atoms with van der Waals surface area (Å²) in [6.45, 7) is 2.67. The number of ether oxygens (including phenoxy) is 1. The zero-order valence-corrected chi connectivity index (χ0v) is 23.3. The first-order chi connectivity index (χ1) is 17.9. The van der Waals surface area contributed by atoms with Gasteiger partial charge < -0.3 is 15.4 Å². The Hall–Kier alpha value is -2.47. The van der Waals surface area contributed by atoms with Gasteiger partial charge in [-0.3, -0.25) is 9.48 Å². The van der Waals surface area contributed by atoms with Crippen LogP contribution < -0.4 is 15.4 Å². The van der Waals surface area contributed by atoms with Crippen LogP contribution in [0.3, 0.4) is 0 Å². The summed E-state index contributed by atoms with van der Waals surface area (Å²) < 4.78 is 58.8. The number of halogens is 3. The van der Waals surface area contributed by atoms with Crippen LogP contribution in [0.2, 0.25) is 5.02 Å². The highest BCUT2D eigenvalue weighted by Gasteiger charge is 2.44. The molecule has 4 rings (SSSR count). The van der Waals surface area contributed by atoms with Crippen LogP contribution in [0.5, 0.6) is 5.75 Å². The molecule has 13 heteroatoms. The fourth-order valence-electron chi connectivity index (χ4n) is 5.30. The number of nitrogens with one attached hydrogen (secondary N) is 2. The molecule has 1 amide bonds. The molecule has 2 fully saturated rings. The van der Waals surface area contributed by atoms with Gasteiger partial charge in [-0.2, -0.15) is 5.10 Å². The Morgan fingerprint density at radius 1 is 1.26 bits per heavy atom. The van der Waals surface area contributed by atoms with Gasteiger partial charge in [0.1, 0.15) is 21.4 Å². The van der Waals surface area contributed by atoms with E-state index in [0.717, 1.165) is 12.8 Å². The van der Waals surface area contributed by atoms with E-state index >= 15 is 0 Å². The number of sulfone groups is 1. The fraction of sp³-hybridized carbons (Fsp3) is 0.640. The number of aromatic nitrogens is 3. The lowest BCUT2D eigenvalue weighted by molar-refractivity contribution is -0.000700. The number of alkyl halides is 2. The number of amides is 1. The third-order valence-corrected chi connectivity index (χ3v) is 9.58. The van der Waals surface area contributed by atoms with Gasteiger partial charge in [0.15, 0.2) is 5.69 Å². The summed E-state index contributed by atoms with van der Waals surface area (Å²) in [7, 11) is -1.59. The molecule has 38 heavy (non-hydrogen) atoms. The number of nitrogens with zero attached hydrogens (tertiary/aromatic N) is 3. The predicted octanol–water partition coefficient (Wildman–Crippen LogP) is 4.56. The van der Waals surface area contributed by atoms with Gasteiger partial charge in [-0.25, -0.2) is 22.2 Å². The fourth-order valence-corrected chi connectivity index (χ4v) is 6.75. The van der Waals surface area contributed by atoms with E-state index < -0.39 is 27.7 Å². The molecule has 2 aromatic rings. The second-order valence-corrected chi connectivity index (χ2v) is 12.8. The van der Waals surface area contributed by atoms with E-state index in [9.17, 15) is 22.0 Å². The Morgan fingerprint density at radius 3 is 2.55 bits per heavy atom. The van der Waals surface area contributed by atoms with Crippen molar-refractivity contribution in [3.8, 4) is 17.0 Å². The number of rotatable bonds is 9. The standard InChI is InChI=1S/C25H34ClF2N5O4S/c1-4-33-23(17-14-29-20(12-18(17)37-2)31-19-6-5-11-25(19,27)28)21(26)22(32-33)24(34)30-13-15-7-9-16(10-8-15)38(3,35)36/h12,14-16,19H,4-11,13H2,1-3H3,(H,29,31)(H,30,34)/t15?,16?,19-/m0/s1. The summed E-state index contributed by atoms with van der Waals surface area (Å²) in [6, 6.07) is 0.548. The molecule has 1 atom stereocenters. The van der Waals surface area contributed by atoms with Gasteiger partial charge in [0.2, 0.25) is 0 Å². The second kappa shape index (κ2) is 11.3. The largest absolute Gasteiger partial charge is 0.496 e. The zero-order valence-electron chi connectivity index (χ0n) is 21.8. The summed E-state index contributed by atoms with van der Waals surface area (Å²) in [6.07, 6.45) is 6.00. The first kappa shape index (κ1) is 28.5. The number of hydrogen-bond donors (Lipinski definition) is 2. The molecule has 0 aromatic carbocycles. The lowest BCUT2D eigenvalue weighted by atomic mass is 9.89. The van der Waals surface area contributed by atoms with E-state index in [2.05, 4.69) is 20.7 Å². The van der Waals surface area contributed by atoms with Crippen molar-refractivity contribution >= 4 is 33.2 Å². The number of methoxy groups -OCH3 is 1. The van der Waals surface area contributed by atoms with Crippen molar-refractivity contribution in [2.75, 3.05) is 25.2 Å². The number of pyridine rings is 1. The molecule has 2 saturated carbocycles. The van der Waals surface area contributed by atoms with E-state index in [1.54, 1.807) is 10.7 Å². The molecule has 2 aliphatic carbocycles. The monoisotopic (exact) mass is 573 g/mol. The Labute approximate surface area is 226 Å². The van der Waals surface area contributed by atoms with E-state index in [4.69, 9.17) is 16.3 Å². The minimum Gasteiger partial charge on any atom is -0.496 e. The first-order valence-corrected chi connectivity index (χ1v) is 15.2. The maximum absolute atomic E-state index is 14.1. The summed E-state index contributed by atoms with van der Waals surface area (Å²) in [4.78, 5) is 17.3. The van der Waals surface area contributed by atoms with Crippen LogP contribution in [0.15, 0.2) is 12.3 Å². The lowest BCUT2D eigenvalue weighted by Gasteiger charge is -2.27. The maximum Gasteiger partial charge on any atom is 0.273 e. The molecule has 2 aromatic heterocycles. The van der Waals surface area contributed by atoms with Crippen molar-refractivity contribution in [1.29, 1.82) is 0 Å². The molecule has 2 aliphatic rings. The minimum absolute atomic E-state index is 0.0585. The Kier molecular flexibility index (Phi) is 8.51. The quantitative estimate of drug-likeness (QED) is 0.452. The SMILES string of the molecule is CCn1nc(C(=O)NCC2CCC(S(C)(=O)=O)CC2)c(Cl)c1-c1cnc(N[C@H]2CCCC2(F)F)cc1OC. The summed E-state index contributed by atoms with van der Waals surface area (Å²) in [5.41, 5.74) is 0.979. The van der Waals surface area contributed by atoms with E-state index in [1.807, 2.05) is 6.92 Å². The smallest absolute Gasteiger partial charge is 0.273 e. The highest BCUT2D eigenvalue weighted by atomic mass is 35.5.